The minimum absolute atomic E-state index is 0.127. The van der Waals surface area contributed by atoms with Gasteiger partial charge in [-0.2, -0.15) is 4.98 Å². The summed E-state index contributed by atoms with van der Waals surface area (Å²) >= 11 is 0. The number of fused-ring (bicyclic) bond motifs is 1. The number of hydrogen-bond donors (Lipinski definition) is 0. The van der Waals surface area contributed by atoms with Crippen LogP contribution in [-0.4, -0.2) is 61.0 Å². The number of hydrogen-bond acceptors (Lipinski definition) is 8. The van der Waals surface area contributed by atoms with Crippen LogP contribution < -0.4 is 4.90 Å². The van der Waals surface area contributed by atoms with Crippen molar-refractivity contribution in [1.29, 1.82) is 0 Å². The van der Waals surface area contributed by atoms with Crippen LogP contribution in [0.15, 0.2) is 16.7 Å². The van der Waals surface area contributed by atoms with Crippen molar-refractivity contribution in [1.82, 2.24) is 34.9 Å². The summed E-state index contributed by atoms with van der Waals surface area (Å²) in [4.78, 5) is 13.3. The molecule has 9 nitrogen and oxygen atoms in total. The van der Waals surface area contributed by atoms with Crippen LogP contribution in [0.4, 0.5) is 5.82 Å². The van der Waals surface area contributed by atoms with Crippen molar-refractivity contribution in [3.05, 3.63) is 29.7 Å². The second kappa shape index (κ2) is 5.82. The summed E-state index contributed by atoms with van der Waals surface area (Å²) in [6, 6.07) is 4.09. The molecule has 0 saturated carbocycles. The summed E-state index contributed by atoms with van der Waals surface area (Å²) in [5, 5.41) is 12.7. The summed E-state index contributed by atoms with van der Waals surface area (Å²) in [5.41, 5.74) is 0.773. The van der Waals surface area contributed by atoms with Crippen molar-refractivity contribution in [3.63, 3.8) is 0 Å². The van der Waals surface area contributed by atoms with Crippen molar-refractivity contribution in [2.75, 3.05) is 31.1 Å². The van der Waals surface area contributed by atoms with Crippen LogP contribution in [0.2, 0.25) is 0 Å². The monoisotopic (exact) mass is 328 g/mol. The number of anilines is 1. The number of rotatable bonds is 3. The number of nitrogens with zero attached hydrogens (tertiary/aromatic N) is 8. The van der Waals surface area contributed by atoms with Gasteiger partial charge < -0.3 is 9.42 Å². The molecular weight excluding hydrogens is 308 g/mol. The Morgan fingerprint density at radius 3 is 2.50 bits per heavy atom. The maximum Gasteiger partial charge on any atom is 0.243 e. The van der Waals surface area contributed by atoms with Gasteiger partial charge in [0.25, 0.3) is 0 Å². The first kappa shape index (κ1) is 15.0. The first-order valence-corrected chi connectivity index (χ1v) is 8.10. The van der Waals surface area contributed by atoms with E-state index in [1.165, 1.54) is 0 Å². The van der Waals surface area contributed by atoms with Gasteiger partial charge in [-0.1, -0.05) is 5.16 Å². The van der Waals surface area contributed by atoms with Gasteiger partial charge in [-0.15, -0.1) is 14.8 Å². The molecule has 126 valence electrons. The van der Waals surface area contributed by atoms with Gasteiger partial charge in [0, 0.05) is 26.2 Å². The van der Waals surface area contributed by atoms with Crippen molar-refractivity contribution in [2.45, 2.75) is 26.8 Å². The SMILES string of the molecule is Cc1noc([C@H](C)N2CCN(c3ccc4nc(C)nn4n3)CC2)n1. The van der Waals surface area contributed by atoms with Gasteiger partial charge in [-0.25, -0.2) is 4.98 Å². The molecule has 0 aromatic carbocycles. The minimum atomic E-state index is 0.127. The molecule has 0 aliphatic carbocycles. The Morgan fingerprint density at radius 1 is 1.00 bits per heavy atom. The van der Waals surface area contributed by atoms with Crippen molar-refractivity contribution in [2.24, 2.45) is 0 Å². The highest BCUT2D eigenvalue weighted by Crippen LogP contribution is 2.22. The second-order valence-electron chi connectivity index (χ2n) is 6.08. The largest absolute Gasteiger partial charge is 0.353 e. The van der Waals surface area contributed by atoms with Crippen LogP contribution >= 0.6 is 0 Å². The highest BCUT2D eigenvalue weighted by atomic mass is 16.5. The van der Waals surface area contributed by atoms with E-state index in [-0.39, 0.29) is 6.04 Å². The van der Waals surface area contributed by atoms with Gasteiger partial charge in [0.1, 0.15) is 5.82 Å². The lowest BCUT2D eigenvalue weighted by Crippen LogP contribution is -2.47. The quantitative estimate of drug-likeness (QED) is 0.704. The topological polar surface area (TPSA) is 88.5 Å². The molecule has 0 spiro atoms. The fourth-order valence-corrected chi connectivity index (χ4v) is 3.02. The first-order valence-electron chi connectivity index (χ1n) is 8.10. The number of aryl methyl sites for hydroxylation is 2. The molecule has 1 fully saturated rings. The van der Waals surface area contributed by atoms with Crippen LogP contribution in [0.3, 0.4) is 0 Å². The Hall–Kier alpha value is -2.55. The van der Waals surface area contributed by atoms with E-state index in [2.05, 4.69) is 42.0 Å². The predicted molar refractivity (Wildman–Crippen MR) is 86.8 cm³/mol. The average molecular weight is 328 g/mol. The Bertz CT molecular complexity index is 848. The first-order chi connectivity index (χ1) is 11.6. The lowest BCUT2D eigenvalue weighted by Gasteiger charge is -2.37. The Morgan fingerprint density at radius 2 is 1.79 bits per heavy atom. The van der Waals surface area contributed by atoms with Crippen LogP contribution in [0.25, 0.3) is 5.65 Å². The van der Waals surface area contributed by atoms with Crippen molar-refractivity contribution >= 4 is 11.5 Å². The van der Waals surface area contributed by atoms with E-state index in [0.29, 0.717) is 11.7 Å². The van der Waals surface area contributed by atoms with Gasteiger partial charge in [-0.05, 0) is 32.9 Å². The van der Waals surface area contributed by atoms with Gasteiger partial charge >= 0.3 is 0 Å². The number of aromatic nitrogens is 6. The van der Waals surface area contributed by atoms with Gasteiger partial charge in [0.05, 0.1) is 6.04 Å². The molecular formula is C15H20N8O. The molecule has 1 atom stereocenters. The molecule has 3 aromatic heterocycles. The summed E-state index contributed by atoms with van der Waals surface area (Å²) in [6.07, 6.45) is 0. The van der Waals surface area contributed by atoms with Gasteiger partial charge in [0.15, 0.2) is 17.3 Å². The third-order valence-electron chi connectivity index (χ3n) is 4.39. The van der Waals surface area contributed by atoms with Crippen LogP contribution in [-0.2, 0) is 0 Å². The molecule has 0 radical (unpaired) electrons. The predicted octanol–water partition coefficient (Wildman–Crippen LogP) is 1.01. The molecule has 1 saturated heterocycles. The fraction of sp³-hybridized carbons (Fsp3) is 0.533. The molecule has 4 heterocycles. The van der Waals surface area contributed by atoms with E-state index in [9.17, 15) is 0 Å². The molecule has 3 aromatic rings. The molecule has 0 unspecified atom stereocenters. The zero-order valence-corrected chi connectivity index (χ0v) is 14.0. The van der Waals surface area contributed by atoms with E-state index >= 15 is 0 Å². The lowest BCUT2D eigenvalue weighted by molar-refractivity contribution is 0.164. The Balaban J connectivity index is 1.44. The molecule has 1 aliphatic rings. The van der Waals surface area contributed by atoms with Crippen molar-refractivity contribution < 1.29 is 4.52 Å². The Labute approximate surface area is 139 Å². The van der Waals surface area contributed by atoms with Gasteiger partial charge in [-0.3, -0.25) is 4.90 Å². The van der Waals surface area contributed by atoms with Gasteiger partial charge in [0.2, 0.25) is 5.89 Å². The molecule has 9 heteroatoms. The second-order valence-corrected chi connectivity index (χ2v) is 6.08. The molecule has 1 aliphatic heterocycles. The Kier molecular flexibility index (Phi) is 3.64. The summed E-state index contributed by atoms with van der Waals surface area (Å²) in [7, 11) is 0. The average Bonchev–Trinajstić information content (AvgIpc) is 3.18. The zero-order valence-electron chi connectivity index (χ0n) is 14.0. The summed E-state index contributed by atoms with van der Waals surface area (Å²) in [5.74, 6) is 3.01. The smallest absolute Gasteiger partial charge is 0.243 e. The van der Waals surface area contributed by atoms with E-state index < -0.39 is 0 Å². The molecule has 0 N–H and O–H groups in total. The highest BCUT2D eigenvalue weighted by molar-refractivity contribution is 5.45. The van der Waals surface area contributed by atoms with E-state index in [1.54, 1.807) is 4.63 Å². The van der Waals surface area contributed by atoms with Crippen molar-refractivity contribution in [3.8, 4) is 0 Å². The number of piperazine rings is 1. The lowest BCUT2D eigenvalue weighted by atomic mass is 10.2. The minimum Gasteiger partial charge on any atom is -0.353 e. The van der Waals surface area contributed by atoms with Crippen LogP contribution in [0, 0.1) is 13.8 Å². The third-order valence-corrected chi connectivity index (χ3v) is 4.39. The molecule has 0 bridgehead atoms. The summed E-state index contributed by atoms with van der Waals surface area (Å²) in [6.45, 7) is 9.43. The maximum atomic E-state index is 5.29. The third kappa shape index (κ3) is 2.71. The van der Waals surface area contributed by atoms with E-state index in [4.69, 9.17) is 4.52 Å². The van der Waals surface area contributed by atoms with Crippen LogP contribution in [0.5, 0.6) is 0 Å². The standard InChI is InChI=1S/C15H20N8O/c1-10(15-17-12(3)20-24-15)21-6-8-22(9-7-21)14-5-4-13-16-11(2)18-23(13)19-14/h4-5,10H,6-9H2,1-3H3/t10-/m0/s1. The molecule has 24 heavy (non-hydrogen) atoms. The summed E-state index contributed by atoms with van der Waals surface area (Å²) < 4.78 is 6.89. The molecule has 4 rings (SSSR count). The fourth-order valence-electron chi connectivity index (χ4n) is 3.02. The highest BCUT2D eigenvalue weighted by Gasteiger charge is 2.26. The zero-order chi connectivity index (χ0) is 16.7. The normalized spacial score (nSPS) is 17.5. The maximum absolute atomic E-state index is 5.29. The van der Waals surface area contributed by atoms with Crippen LogP contribution in [0.1, 0.15) is 30.5 Å². The molecule has 0 amide bonds. The van der Waals surface area contributed by atoms with E-state index in [1.807, 2.05) is 26.0 Å². The van der Waals surface area contributed by atoms with E-state index in [0.717, 1.165) is 43.5 Å².